The van der Waals surface area contributed by atoms with Gasteiger partial charge in [-0.25, -0.2) is 4.39 Å². The molecule has 0 saturated carbocycles. The topological polar surface area (TPSA) is 70.0 Å². The number of likely N-dealkylation sites (tertiary alicyclic amines) is 1. The lowest BCUT2D eigenvalue weighted by molar-refractivity contribution is -0.142. The van der Waals surface area contributed by atoms with Gasteiger partial charge in [-0.15, -0.1) is 0 Å². The molecular weight excluding hydrogens is 445 g/mol. The Balaban J connectivity index is 1.52. The quantitative estimate of drug-likeness (QED) is 0.419. The zero-order valence-electron chi connectivity index (χ0n) is 20.2. The summed E-state index contributed by atoms with van der Waals surface area (Å²) in [5.41, 5.74) is 0.0899. The van der Waals surface area contributed by atoms with Gasteiger partial charge >= 0.3 is 5.97 Å². The number of hydrogen-bond donors (Lipinski definition) is 2. The summed E-state index contributed by atoms with van der Waals surface area (Å²) in [7, 11) is 0. The van der Waals surface area contributed by atoms with Gasteiger partial charge in [0.15, 0.2) is 0 Å². The Morgan fingerprint density at radius 2 is 1.60 bits per heavy atom. The molecule has 0 spiro atoms. The molecule has 0 aromatic heterocycles. The summed E-state index contributed by atoms with van der Waals surface area (Å²) in [5.74, 6) is -1.26. The Labute approximate surface area is 205 Å². The first-order valence-corrected chi connectivity index (χ1v) is 12.0. The van der Waals surface area contributed by atoms with Crippen molar-refractivity contribution in [2.45, 2.75) is 50.2 Å². The molecule has 1 aliphatic rings. The number of phenols is 1. The largest absolute Gasteiger partial charge is 0.508 e. The van der Waals surface area contributed by atoms with E-state index in [4.69, 9.17) is 4.74 Å². The van der Waals surface area contributed by atoms with E-state index in [1.807, 2.05) is 60.7 Å². The number of benzene rings is 3. The van der Waals surface area contributed by atoms with E-state index >= 15 is 0 Å². The summed E-state index contributed by atoms with van der Waals surface area (Å²) in [5, 5.41) is 20.2. The van der Waals surface area contributed by atoms with E-state index in [9.17, 15) is 19.4 Å². The standard InChI is InChI=1S/C29H32FNO4/c1-28(2,31-16-13-25(20-31)35-26-18-23(30)17-24(32)19-26)14-15-29(27(33)34,21-9-5-3-6-10-21)22-11-7-4-8-12-22/h3-12,17-19,25,32H,13-16,20H2,1-2H3,(H,33,34)/t25-/m0/s1. The van der Waals surface area contributed by atoms with Crippen LogP contribution < -0.4 is 4.74 Å². The lowest BCUT2D eigenvalue weighted by atomic mass is 9.69. The first-order chi connectivity index (χ1) is 16.7. The predicted molar refractivity (Wildman–Crippen MR) is 133 cm³/mol. The molecule has 0 unspecified atom stereocenters. The molecule has 1 saturated heterocycles. The minimum Gasteiger partial charge on any atom is -0.508 e. The van der Waals surface area contributed by atoms with E-state index in [0.29, 0.717) is 25.1 Å². The molecular formula is C29H32FNO4. The first-order valence-electron chi connectivity index (χ1n) is 12.0. The van der Waals surface area contributed by atoms with Crippen molar-refractivity contribution in [1.82, 2.24) is 4.90 Å². The molecule has 184 valence electrons. The van der Waals surface area contributed by atoms with E-state index in [1.165, 1.54) is 12.1 Å². The third kappa shape index (κ3) is 5.33. The zero-order valence-corrected chi connectivity index (χ0v) is 20.2. The predicted octanol–water partition coefficient (Wildman–Crippen LogP) is 5.61. The molecule has 3 aromatic carbocycles. The van der Waals surface area contributed by atoms with Crippen LogP contribution in [0.3, 0.4) is 0 Å². The van der Waals surface area contributed by atoms with Crippen molar-refractivity contribution in [3.63, 3.8) is 0 Å². The summed E-state index contributed by atoms with van der Waals surface area (Å²) in [6, 6.07) is 22.6. The highest BCUT2D eigenvalue weighted by atomic mass is 19.1. The minimum atomic E-state index is -1.16. The maximum absolute atomic E-state index is 13.6. The molecule has 5 nitrogen and oxygen atoms in total. The smallest absolute Gasteiger partial charge is 0.318 e. The fourth-order valence-corrected chi connectivity index (χ4v) is 5.09. The molecule has 35 heavy (non-hydrogen) atoms. The van der Waals surface area contributed by atoms with Gasteiger partial charge in [0.05, 0.1) is 0 Å². The number of aliphatic carboxylic acids is 1. The number of aromatic hydroxyl groups is 1. The van der Waals surface area contributed by atoms with Gasteiger partial charge in [-0.2, -0.15) is 0 Å². The molecule has 0 amide bonds. The SMILES string of the molecule is CC(C)(CCC(C(=O)O)(c1ccccc1)c1ccccc1)N1CC[C@H](Oc2cc(O)cc(F)c2)C1. The van der Waals surface area contributed by atoms with Crippen molar-refractivity contribution in [2.75, 3.05) is 13.1 Å². The van der Waals surface area contributed by atoms with Crippen LogP contribution in [0.2, 0.25) is 0 Å². The van der Waals surface area contributed by atoms with Crippen LogP contribution in [0.5, 0.6) is 11.5 Å². The van der Waals surface area contributed by atoms with Crippen LogP contribution in [0, 0.1) is 5.82 Å². The molecule has 1 atom stereocenters. The molecule has 0 radical (unpaired) electrons. The average molecular weight is 478 g/mol. The van der Waals surface area contributed by atoms with Crippen LogP contribution in [-0.2, 0) is 10.2 Å². The van der Waals surface area contributed by atoms with Crippen LogP contribution in [0.25, 0.3) is 0 Å². The highest BCUT2D eigenvalue weighted by Crippen LogP contribution is 2.40. The van der Waals surface area contributed by atoms with Crippen LogP contribution in [0.4, 0.5) is 4.39 Å². The second kappa shape index (κ2) is 10.1. The second-order valence-corrected chi connectivity index (χ2v) is 9.87. The van der Waals surface area contributed by atoms with Gasteiger partial charge < -0.3 is 14.9 Å². The van der Waals surface area contributed by atoms with Gasteiger partial charge in [-0.3, -0.25) is 9.69 Å². The Bertz CT molecular complexity index is 1090. The number of carboxylic acid groups (broad SMARTS) is 1. The van der Waals surface area contributed by atoms with Gasteiger partial charge in [-0.05, 0) is 44.2 Å². The number of rotatable bonds is 9. The lowest BCUT2D eigenvalue weighted by Gasteiger charge is -2.39. The molecule has 2 N–H and O–H groups in total. The van der Waals surface area contributed by atoms with Crippen LogP contribution in [0.1, 0.15) is 44.2 Å². The van der Waals surface area contributed by atoms with Crippen LogP contribution in [0.15, 0.2) is 78.9 Å². The van der Waals surface area contributed by atoms with Gasteiger partial charge in [0, 0.05) is 36.8 Å². The summed E-state index contributed by atoms with van der Waals surface area (Å²) in [6.07, 6.45) is 1.71. The van der Waals surface area contributed by atoms with Crippen LogP contribution >= 0.6 is 0 Å². The average Bonchev–Trinajstić information content (AvgIpc) is 3.29. The van der Waals surface area contributed by atoms with Gasteiger partial charge in [0.25, 0.3) is 0 Å². The second-order valence-electron chi connectivity index (χ2n) is 9.87. The van der Waals surface area contributed by atoms with E-state index in [2.05, 4.69) is 18.7 Å². The molecule has 4 rings (SSSR count). The number of hydrogen-bond acceptors (Lipinski definition) is 4. The molecule has 1 fully saturated rings. The monoisotopic (exact) mass is 477 g/mol. The number of phenolic OH excluding ortho intramolecular Hbond substituents is 1. The van der Waals surface area contributed by atoms with E-state index in [-0.39, 0.29) is 17.4 Å². The molecule has 1 aliphatic heterocycles. The molecule has 0 aliphatic carbocycles. The summed E-state index contributed by atoms with van der Waals surface area (Å²) >= 11 is 0. The third-order valence-corrected chi connectivity index (χ3v) is 7.17. The Morgan fingerprint density at radius 1 is 1.00 bits per heavy atom. The van der Waals surface area contributed by atoms with Crippen molar-refractivity contribution in [1.29, 1.82) is 0 Å². The van der Waals surface area contributed by atoms with Crippen LogP contribution in [-0.4, -0.2) is 45.8 Å². The summed E-state index contributed by atoms with van der Waals surface area (Å²) < 4.78 is 19.6. The van der Waals surface area contributed by atoms with Crippen molar-refractivity contribution in [3.05, 3.63) is 95.8 Å². The number of halogens is 1. The van der Waals surface area contributed by atoms with E-state index in [0.717, 1.165) is 30.2 Å². The maximum atomic E-state index is 13.6. The zero-order chi connectivity index (χ0) is 25.1. The normalized spacial score (nSPS) is 16.8. The molecule has 1 heterocycles. The third-order valence-electron chi connectivity index (χ3n) is 7.17. The maximum Gasteiger partial charge on any atom is 0.318 e. The van der Waals surface area contributed by atoms with Gasteiger partial charge in [0.1, 0.15) is 28.8 Å². The number of ether oxygens (including phenoxy) is 1. The van der Waals surface area contributed by atoms with Crippen molar-refractivity contribution in [3.8, 4) is 11.5 Å². The molecule has 0 bridgehead atoms. The van der Waals surface area contributed by atoms with Crippen molar-refractivity contribution < 1.29 is 24.1 Å². The highest BCUT2D eigenvalue weighted by molar-refractivity contribution is 5.86. The summed E-state index contributed by atoms with van der Waals surface area (Å²) in [6.45, 7) is 5.69. The van der Waals surface area contributed by atoms with E-state index in [1.54, 1.807) is 0 Å². The first kappa shape index (κ1) is 24.7. The number of carbonyl (C=O) groups is 1. The van der Waals surface area contributed by atoms with E-state index < -0.39 is 17.2 Å². The minimum absolute atomic E-state index is 0.136. The Morgan fingerprint density at radius 3 is 2.14 bits per heavy atom. The fourth-order valence-electron chi connectivity index (χ4n) is 5.09. The Kier molecular flexibility index (Phi) is 7.13. The lowest BCUT2D eigenvalue weighted by Crippen LogP contribution is -2.46. The highest BCUT2D eigenvalue weighted by Gasteiger charge is 2.44. The van der Waals surface area contributed by atoms with Gasteiger partial charge in [-0.1, -0.05) is 60.7 Å². The molecule has 6 heteroatoms. The number of nitrogens with zero attached hydrogens (tertiary/aromatic N) is 1. The van der Waals surface area contributed by atoms with Crippen molar-refractivity contribution in [2.24, 2.45) is 0 Å². The molecule has 3 aromatic rings. The summed E-state index contributed by atoms with van der Waals surface area (Å²) in [4.78, 5) is 15.2. The number of carboxylic acids is 1. The fraction of sp³-hybridized carbons (Fsp3) is 0.345. The Hall–Kier alpha value is -3.38. The van der Waals surface area contributed by atoms with Gasteiger partial charge in [0.2, 0.25) is 0 Å². The van der Waals surface area contributed by atoms with Crippen molar-refractivity contribution >= 4 is 5.97 Å².